The number of phenols is 1. The van der Waals surface area contributed by atoms with Gasteiger partial charge in [-0.15, -0.1) is 0 Å². The molecule has 0 unspecified atom stereocenters. The minimum Gasteiger partial charge on any atom is -0.507 e. The van der Waals surface area contributed by atoms with E-state index in [1.165, 1.54) is 18.4 Å². The van der Waals surface area contributed by atoms with Crippen LogP contribution in [0.3, 0.4) is 0 Å². The van der Waals surface area contributed by atoms with Crippen LogP contribution < -0.4 is 5.32 Å². The van der Waals surface area contributed by atoms with Crippen molar-refractivity contribution in [2.75, 3.05) is 13.1 Å². The maximum Gasteiger partial charge on any atom is 0.255 e. The number of carbonyl (C=O) groups is 1. The van der Waals surface area contributed by atoms with Gasteiger partial charge in [0.15, 0.2) is 0 Å². The number of nitrogens with zero attached hydrogens (tertiary/aromatic N) is 1. The number of aromatic hydroxyl groups is 1. The summed E-state index contributed by atoms with van der Waals surface area (Å²) in [5, 5.41) is 13.0. The van der Waals surface area contributed by atoms with Crippen LogP contribution in [0, 0.1) is 6.92 Å². The molecule has 2 aromatic carbocycles. The maximum atomic E-state index is 12.4. The van der Waals surface area contributed by atoms with Crippen molar-refractivity contribution in [2.24, 2.45) is 0 Å². The third-order valence-corrected chi connectivity index (χ3v) is 4.63. The standard InChI is InChI=1S/C20H24N2O2/c1-15-7-6-10-18(19(15)23)20(24)21-13-16-8-2-3-9-17(16)14-22-11-4-5-12-22/h2-3,6-10,23H,4-5,11-14H2,1H3,(H,21,24). The summed E-state index contributed by atoms with van der Waals surface area (Å²) in [6.07, 6.45) is 2.54. The fourth-order valence-electron chi connectivity index (χ4n) is 3.18. The van der Waals surface area contributed by atoms with Crippen molar-refractivity contribution in [3.63, 3.8) is 0 Å². The van der Waals surface area contributed by atoms with Crippen molar-refractivity contribution >= 4 is 5.91 Å². The second kappa shape index (κ2) is 7.49. The summed E-state index contributed by atoms with van der Waals surface area (Å²) in [6, 6.07) is 13.4. The topological polar surface area (TPSA) is 52.6 Å². The molecule has 0 aliphatic carbocycles. The highest BCUT2D eigenvalue weighted by Gasteiger charge is 2.15. The first-order chi connectivity index (χ1) is 11.6. The SMILES string of the molecule is Cc1cccc(C(=O)NCc2ccccc2CN2CCCC2)c1O. The van der Waals surface area contributed by atoms with Crippen LogP contribution in [0.4, 0.5) is 0 Å². The monoisotopic (exact) mass is 324 g/mol. The van der Waals surface area contributed by atoms with Crippen molar-refractivity contribution in [3.05, 3.63) is 64.7 Å². The molecule has 4 nitrogen and oxygen atoms in total. The Morgan fingerprint density at radius 1 is 1.08 bits per heavy atom. The van der Waals surface area contributed by atoms with Gasteiger partial charge < -0.3 is 10.4 Å². The lowest BCUT2D eigenvalue weighted by molar-refractivity contribution is 0.0948. The molecule has 1 heterocycles. The average Bonchev–Trinajstić information content (AvgIpc) is 3.09. The maximum absolute atomic E-state index is 12.4. The molecule has 126 valence electrons. The summed E-state index contributed by atoms with van der Waals surface area (Å²) in [5.74, 6) is -0.187. The Hall–Kier alpha value is -2.33. The molecule has 1 aliphatic heterocycles. The number of likely N-dealkylation sites (tertiary alicyclic amines) is 1. The lowest BCUT2D eigenvalue weighted by Crippen LogP contribution is -2.25. The number of hydrogen-bond acceptors (Lipinski definition) is 3. The number of nitrogens with one attached hydrogen (secondary N) is 1. The first-order valence-electron chi connectivity index (χ1n) is 8.51. The summed E-state index contributed by atoms with van der Waals surface area (Å²) >= 11 is 0. The smallest absolute Gasteiger partial charge is 0.255 e. The third kappa shape index (κ3) is 3.77. The summed E-state index contributed by atoms with van der Waals surface area (Å²) in [6.45, 7) is 5.49. The summed E-state index contributed by atoms with van der Waals surface area (Å²) in [5.41, 5.74) is 3.42. The van der Waals surface area contributed by atoms with Gasteiger partial charge in [0.05, 0.1) is 5.56 Å². The van der Waals surface area contributed by atoms with E-state index in [2.05, 4.69) is 22.3 Å². The summed E-state index contributed by atoms with van der Waals surface area (Å²) < 4.78 is 0. The Morgan fingerprint density at radius 3 is 2.54 bits per heavy atom. The van der Waals surface area contributed by atoms with E-state index in [9.17, 15) is 9.90 Å². The molecule has 0 aromatic heterocycles. The highest BCUT2D eigenvalue weighted by molar-refractivity contribution is 5.97. The van der Waals surface area contributed by atoms with Crippen molar-refractivity contribution in [1.82, 2.24) is 10.2 Å². The fraction of sp³-hybridized carbons (Fsp3) is 0.350. The van der Waals surface area contributed by atoms with Gasteiger partial charge in [-0.1, -0.05) is 36.4 Å². The second-order valence-corrected chi connectivity index (χ2v) is 6.41. The molecule has 1 fully saturated rings. The van der Waals surface area contributed by atoms with E-state index in [4.69, 9.17) is 0 Å². The van der Waals surface area contributed by atoms with Gasteiger partial charge in [0.2, 0.25) is 0 Å². The van der Waals surface area contributed by atoms with Crippen LogP contribution in [0.2, 0.25) is 0 Å². The molecule has 24 heavy (non-hydrogen) atoms. The highest BCUT2D eigenvalue weighted by Crippen LogP contribution is 2.21. The molecule has 4 heteroatoms. The number of para-hydroxylation sites is 1. The van der Waals surface area contributed by atoms with E-state index in [0.29, 0.717) is 17.7 Å². The zero-order valence-corrected chi connectivity index (χ0v) is 14.1. The molecule has 0 radical (unpaired) electrons. The van der Waals surface area contributed by atoms with Gasteiger partial charge in [-0.25, -0.2) is 0 Å². The minimum absolute atomic E-state index is 0.0559. The number of rotatable bonds is 5. The molecule has 2 N–H and O–H groups in total. The molecule has 0 spiro atoms. The molecule has 1 saturated heterocycles. The Kier molecular flexibility index (Phi) is 5.16. The van der Waals surface area contributed by atoms with Gasteiger partial charge in [-0.3, -0.25) is 9.69 Å². The van der Waals surface area contributed by atoms with Crippen molar-refractivity contribution in [2.45, 2.75) is 32.9 Å². The Morgan fingerprint density at radius 2 is 1.79 bits per heavy atom. The van der Waals surface area contributed by atoms with Crippen LogP contribution in [0.25, 0.3) is 0 Å². The number of benzene rings is 2. The summed E-state index contributed by atoms with van der Waals surface area (Å²) in [7, 11) is 0. The van der Waals surface area contributed by atoms with Crippen molar-refractivity contribution in [3.8, 4) is 5.75 Å². The Bertz CT molecular complexity index is 721. The van der Waals surface area contributed by atoms with E-state index < -0.39 is 0 Å². The number of carbonyl (C=O) groups excluding carboxylic acids is 1. The number of aryl methyl sites for hydroxylation is 1. The predicted molar refractivity (Wildman–Crippen MR) is 95.0 cm³/mol. The number of amides is 1. The van der Waals surface area contributed by atoms with E-state index >= 15 is 0 Å². The lowest BCUT2D eigenvalue weighted by atomic mass is 10.1. The van der Waals surface area contributed by atoms with Crippen LogP contribution in [0.15, 0.2) is 42.5 Å². The molecular weight excluding hydrogens is 300 g/mol. The zero-order chi connectivity index (χ0) is 16.9. The first-order valence-corrected chi connectivity index (χ1v) is 8.51. The highest BCUT2D eigenvalue weighted by atomic mass is 16.3. The molecule has 0 saturated carbocycles. The van der Waals surface area contributed by atoms with Gasteiger partial charge in [0.25, 0.3) is 5.91 Å². The third-order valence-electron chi connectivity index (χ3n) is 4.63. The Balaban J connectivity index is 1.68. The van der Waals surface area contributed by atoms with Crippen molar-refractivity contribution < 1.29 is 9.90 Å². The van der Waals surface area contributed by atoms with Crippen LogP contribution in [0.1, 0.15) is 39.9 Å². The zero-order valence-electron chi connectivity index (χ0n) is 14.1. The van der Waals surface area contributed by atoms with E-state index in [0.717, 1.165) is 25.2 Å². The minimum atomic E-state index is -0.243. The number of phenolic OH excluding ortho intramolecular Hbond substituents is 1. The van der Waals surface area contributed by atoms with Gasteiger partial charge in [0.1, 0.15) is 5.75 Å². The molecule has 0 bridgehead atoms. The average molecular weight is 324 g/mol. The normalized spacial score (nSPS) is 14.7. The van der Waals surface area contributed by atoms with E-state index in [-0.39, 0.29) is 11.7 Å². The van der Waals surface area contributed by atoms with Crippen molar-refractivity contribution in [1.29, 1.82) is 0 Å². The van der Waals surface area contributed by atoms with Gasteiger partial charge >= 0.3 is 0 Å². The van der Waals surface area contributed by atoms with Gasteiger partial charge in [-0.2, -0.15) is 0 Å². The van der Waals surface area contributed by atoms with Crippen LogP contribution in [0.5, 0.6) is 5.75 Å². The van der Waals surface area contributed by atoms with Crippen LogP contribution in [-0.4, -0.2) is 29.0 Å². The Labute approximate surface area is 143 Å². The van der Waals surface area contributed by atoms with Gasteiger partial charge in [0, 0.05) is 13.1 Å². The lowest BCUT2D eigenvalue weighted by Gasteiger charge is -2.18. The molecule has 1 aliphatic rings. The molecule has 1 amide bonds. The quantitative estimate of drug-likeness (QED) is 0.888. The number of hydrogen-bond donors (Lipinski definition) is 2. The van der Waals surface area contributed by atoms with Gasteiger partial charge in [-0.05, 0) is 55.6 Å². The molecule has 3 rings (SSSR count). The summed E-state index contributed by atoms with van der Waals surface area (Å²) in [4.78, 5) is 14.8. The van der Waals surface area contributed by atoms with E-state index in [1.54, 1.807) is 25.1 Å². The van der Waals surface area contributed by atoms with E-state index in [1.807, 2.05) is 12.1 Å². The molecule has 0 atom stereocenters. The van der Waals surface area contributed by atoms with Crippen LogP contribution >= 0.6 is 0 Å². The second-order valence-electron chi connectivity index (χ2n) is 6.41. The van der Waals surface area contributed by atoms with Crippen LogP contribution in [-0.2, 0) is 13.1 Å². The largest absolute Gasteiger partial charge is 0.507 e. The molecule has 2 aromatic rings. The predicted octanol–water partition coefficient (Wildman–Crippen LogP) is 3.23. The first kappa shape index (κ1) is 16.5. The fourth-order valence-corrected chi connectivity index (χ4v) is 3.18. The molecular formula is C20H24N2O2.